The molecule has 0 aliphatic carbocycles. The summed E-state index contributed by atoms with van der Waals surface area (Å²) in [4.78, 5) is 20.4. The number of aromatic nitrogens is 2. The smallest absolute Gasteiger partial charge is 0.237 e. The van der Waals surface area contributed by atoms with Gasteiger partial charge in [0.1, 0.15) is 5.82 Å². The van der Waals surface area contributed by atoms with Crippen molar-refractivity contribution in [3.63, 3.8) is 0 Å². The van der Waals surface area contributed by atoms with Crippen molar-refractivity contribution >= 4 is 29.0 Å². The Kier molecular flexibility index (Phi) is 4.74. The number of halogens is 1. The Morgan fingerprint density at radius 2 is 2.05 bits per heavy atom. The number of aryl methyl sites for hydroxylation is 1. The third-order valence-electron chi connectivity index (χ3n) is 2.68. The molecule has 1 aromatic carbocycles. The monoisotopic (exact) mass is 306 g/mol. The van der Waals surface area contributed by atoms with Gasteiger partial charge in [0.25, 0.3) is 0 Å². The Morgan fingerprint density at radius 1 is 1.38 bits per heavy atom. The van der Waals surface area contributed by atoms with E-state index in [4.69, 9.17) is 5.73 Å². The van der Waals surface area contributed by atoms with Gasteiger partial charge in [-0.3, -0.25) is 4.79 Å². The topological polar surface area (TPSA) is 80.9 Å². The van der Waals surface area contributed by atoms with Crippen LogP contribution >= 0.6 is 11.8 Å². The van der Waals surface area contributed by atoms with Crippen molar-refractivity contribution in [2.45, 2.75) is 24.3 Å². The molecule has 2 rings (SSSR count). The molecule has 7 heteroatoms. The average molecular weight is 306 g/mol. The fourth-order valence-electron chi connectivity index (χ4n) is 1.54. The van der Waals surface area contributed by atoms with E-state index >= 15 is 0 Å². The van der Waals surface area contributed by atoms with Crippen LogP contribution < -0.4 is 11.1 Å². The Hall–Kier alpha value is -2.15. The van der Waals surface area contributed by atoms with Crippen LogP contribution in [-0.2, 0) is 4.79 Å². The van der Waals surface area contributed by atoms with E-state index in [-0.39, 0.29) is 11.6 Å². The van der Waals surface area contributed by atoms with E-state index in [0.717, 1.165) is 11.6 Å². The average Bonchev–Trinajstić information content (AvgIpc) is 2.44. The summed E-state index contributed by atoms with van der Waals surface area (Å²) in [5.74, 6) is -0.691. The maximum atomic E-state index is 13.0. The molecule has 0 aliphatic rings. The zero-order valence-electron chi connectivity index (χ0n) is 11.6. The van der Waals surface area contributed by atoms with Crippen molar-refractivity contribution in [1.29, 1.82) is 0 Å². The number of hydrogen-bond donors (Lipinski definition) is 2. The van der Waals surface area contributed by atoms with Crippen molar-refractivity contribution < 1.29 is 9.18 Å². The second-order valence-electron chi connectivity index (χ2n) is 4.52. The molecule has 0 saturated heterocycles. The zero-order chi connectivity index (χ0) is 15.4. The van der Waals surface area contributed by atoms with Crippen LogP contribution in [0.2, 0.25) is 0 Å². The second kappa shape index (κ2) is 6.53. The van der Waals surface area contributed by atoms with Gasteiger partial charge in [-0.05, 0) is 37.6 Å². The first-order valence-electron chi connectivity index (χ1n) is 6.27. The molecule has 5 nitrogen and oxygen atoms in total. The second-order valence-corrected chi connectivity index (χ2v) is 5.83. The van der Waals surface area contributed by atoms with Crippen molar-refractivity contribution in [2.75, 3.05) is 11.1 Å². The van der Waals surface area contributed by atoms with Crippen molar-refractivity contribution in [1.82, 2.24) is 9.97 Å². The van der Waals surface area contributed by atoms with E-state index in [1.807, 2.05) is 6.92 Å². The van der Waals surface area contributed by atoms with Crippen molar-refractivity contribution in [2.24, 2.45) is 0 Å². The molecule has 1 heterocycles. The number of nitrogens with two attached hydrogens (primary N) is 1. The largest absolute Gasteiger partial charge is 0.397 e. The number of amides is 1. The van der Waals surface area contributed by atoms with Crippen LogP contribution in [-0.4, -0.2) is 21.1 Å². The van der Waals surface area contributed by atoms with Gasteiger partial charge in [0.2, 0.25) is 5.91 Å². The highest BCUT2D eigenvalue weighted by Crippen LogP contribution is 2.23. The molecule has 1 atom stereocenters. The molecule has 110 valence electrons. The predicted octanol–water partition coefficient (Wildman–Crippen LogP) is 2.63. The summed E-state index contributed by atoms with van der Waals surface area (Å²) >= 11 is 1.24. The number of thioether (sulfide) groups is 1. The minimum absolute atomic E-state index is 0.187. The van der Waals surface area contributed by atoms with Gasteiger partial charge in [-0.15, -0.1) is 0 Å². The van der Waals surface area contributed by atoms with Gasteiger partial charge < -0.3 is 11.1 Å². The Morgan fingerprint density at radius 3 is 2.67 bits per heavy atom. The third kappa shape index (κ3) is 4.16. The summed E-state index contributed by atoms with van der Waals surface area (Å²) in [6, 6.07) is 3.84. The molecule has 0 radical (unpaired) electrons. The molecule has 0 saturated carbocycles. The van der Waals surface area contributed by atoms with Crippen LogP contribution in [0.4, 0.5) is 15.8 Å². The Balaban J connectivity index is 2.00. The van der Waals surface area contributed by atoms with Gasteiger partial charge in [-0.2, -0.15) is 0 Å². The van der Waals surface area contributed by atoms with Gasteiger partial charge in [0.05, 0.1) is 16.6 Å². The van der Waals surface area contributed by atoms with Gasteiger partial charge >= 0.3 is 0 Å². The number of carbonyl (C=O) groups excluding carboxylic acids is 1. The molecule has 2 aromatic rings. The normalized spacial score (nSPS) is 12.0. The maximum Gasteiger partial charge on any atom is 0.237 e. The number of nitrogen functional groups attached to an aromatic ring is 1. The highest BCUT2D eigenvalue weighted by molar-refractivity contribution is 8.00. The van der Waals surface area contributed by atoms with Crippen LogP contribution in [0.25, 0.3) is 0 Å². The number of carbonyl (C=O) groups is 1. The molecular weight excluding hydrogens is 291 g/mol. The first-order valence-corrected chi connectivity index (χ1v) is 7.15. The molecule has 3 N–H and O–H groups in total. The number of anilines is 2. The summed E-state index contributed by atoms with van der Waals surface area (Å²) in [5.41, 5.74) is 7.18. The van der Waals surface area contributed by atoms with E-state index < -0.39 is 11.1 Å². The van der Waals surface area contributed by atoms with Crippen LogP contribution in [0.15, 0.2) is 35.7 Å². The fraction of sp³-hybridized carbons (Fsp3) is 0.214. The zero-order valence-corrected chi connectivity index (χ0v) is 12.4. The molecular formula is C14H15FN4OS. The van der Waals surface area contributed by atoms with E-state index in [1.165, 1.54) is 23.9 Å². The lowest BCUT2D eigenvalue weighted by Gasteiger charge is -2.12. The lowest BCUT2D eigenvalue weighted by molar-refractivity contribution is -0.115. The Bertz CT molecular complexity index is 648. The van der Waals surface area contributed by atoms with E-state index in [1.54, 1.807) is 19.3 Å². The number of nitrogens with one attached hydrogen (secondary N) is 1. The summed E-state index contributed by atoms with van der Waals surface area (Å²) in [6.45, 7) is 3.63. The Labute approximate surface area is 126 Å². The van der Waals surface area contributed by atoms with Gasteiger partial charge in [-0.1, -0.05) is 11.8 Å². The van der Waals surface area contributed by atoms with Crippen LogP contribution in [0, 0.1) is 12.7 Å². The van der Waals surface area contributed by atoms with Gasteiger partial charge in [0.15, 0.2) is 5.16 Å². The number of hydrogen-bond acceptors (Lipinski definition) is 5. The molecule has 0 bridgehead atoms. The molecule has 1 aromatic heterocycles. The molecule has 0 fully saturated rings. The molecule has 1 amide bonds. The first-order chi connectivity index (χ1) is 9.95. The molecule has 21 heavy (non-hydrogen) atoms. The SMILES string of the molecule is Cc1cnc(SC(C)C(=O)Nc2ccc(F)cc2N)nc1. The standard InChI is InChI=1S/C14H15FN4OS/c1-8-6-17-14(18-7-8)21-9(2)13(20)19-12-4-3-10(15)5-11(12)16/h3-7,9H,16H2,1-2H3,(H,19,20). The van der Waals surface area contributed by atoms with Crippen molar-refractivity contribution in [3.05, 3.63) is 42.0 Å². The maximum absolute atomic E-state index is 13.0. The lowest BCUT2D eigenvalue weighted by Crippen LogP contribution is -2.23. The van der Waals surface area contributed by atoms with E-state index in [9.17, 15) is 9.18 Å². The quantitative estimate of drug-likeness (QED) is 0.515. The minimum atomic E-state index is -0.444. The molecule has 0 spiro atoms. The molecule has 1 unspecified atom stereocenters. The summed E-state index contributed by atoms with van der Waals surface area (Å²) in [7, 11) is 0. The van der Waals surface area contributed by atoms with Gasteiger partial charge in [-0.25, -0.2) is 14.4 Å². The predicted molar refractivity (Wildman–Crippen MR) is 81.5 cm³/mol. The number of benzene rings is 1. The summed E-state index contributed by atoms with van der Waals surface area (Å²) < 4.78 is 13.0. The summed E-state index contributed by atoms with van der Waals surface area (Å²) in [6.07, 6.45) is 3.38. The highest BCUT2D eigenvalue weighted by atomic mass is 32.2. The lowest BCUT2D eigenvalue weighted by atomic mass is 10.2. The van der Waals surface area contributed by atoms with Crippen LogP contribution in [0.5, 0.6) is 0 Å². The minimum Gasteiger partial charge on any atom is -0.397 e. The highest BCUT2D eigenvalue weighted by Gasteiger charge is 2.17. The van der Waals surface area contributed by atoms with E-state index in [0.29, 0.717) is 10.8 Å². The van der Waals surface area contributed by atoms with Crippen LogP contribution in [0.1, 0.15) is 12.5 Å². The molecule has 0 aliphatic heterocycles. The number of rotatable bonds is 4. The van der Waals surface area contributed by atoms with E-state index in [2.05, 4.69) is 15.3 Å². The van der Waals surface area contributed by atoms with Gasteiger partial charge in [0, 0.05) is 12.4 Å². The number of nitrogens with zero attached hydrogens (tertiary/aromatic N) is 2. The first kappa shape index (κ1) is 15.2. The fourth-order valence-corrected chi connectivity index (χ4v) is 2.24. The van der Waals surface area contributed by atoms with Crippen molar-refractivity contribution in [3.8, 4) is 0 Å². The summed E-state index contributed by atoms with van der Waals surface area (Å²) in [5, 5.41) is 2.78. The third-order valence-corrected chi connectivity index (χ3v) is 3.67. The van der Waals surface area contributed by atoms with Crippen LogP contribution in [0.3, 0.4) is 0 Å².